The molecule has 0 heterocycles. The van der Waals surface area contributed by atoms with Crippen LogP contribution in [0.1, 0.15) is 5.56 Å². The lowest BCUT2D eigenvalue weighted by Crippen LogP contribution is -2.26. The Bertz CT molecular complexity index is 683. The maximum atomic E-state index is 2.46. The SMILES string of the molecule is C[SiH](CCc1cccc2ccccc12)c1ccccc1. The third-order valence-corrected chi connectivity index (χ3v) is 6.77. The Hall–Kier alpha value is -1.86. The van der Waals surface area contributed by atoms with Crippen molar-refractivity contribution in [2.45, 2.75) is 19.0 Å². The number of hydrogen-bond donors (Lipinski definition) is 0. The van der Waals surface area contributed by atoms with Crippen LogP contribution in [0.3, 0.4) is 0 Å². The second kappa shape index (κ2) is 6.06. The van der Waals surface area contributed by atoms with Gasteiger partial charge in [0.1, 0.15) is 0 Å². The summed E-state index contributed by atoms with van der Waals surface area (Å²) in [6.07, 6.45) is 1.20. The van der Waals surface area contributed by atoms with Crippen molar-refractivity contribution >= 4 is 24.8 Å². The zero-order chi connectivity index (χ0) is 13.8. The predicted octanol–water partition coefficient (Wildman–Crippen LogP) is 4.15. The Labute approximate surface area is 122 Å². The average Bonchev–Trinajstić information content (AvgIpc) is 2.53. The van der Waals surface area contributed by atoms with E-state index in [-0.39, 0.29) is 0 Å². The molecule has 20 heavy (non-hydrogen) atoms. The van der Waals surface area contributed by atoms with Gasteiger partial charge in [0, 0.05) is 0 Å². The molecule has 1 atom stereocenters. The minimum atomic E-state index is -0.811. The van der Waals surface area contributed by atoms with Crippen LogP contribution in [0.25, 0.3) is 10.8 Å². The molecule has 3 rings (SSSR count). The van der Waals surface area contributed by atoms with Crippen LogP contribution >= 0.6 is 0 Å². The number of aryl methyl sites for hydroxylation is 1. The molecule has 0 saturated carbocycles. The Morgan fingerprint density at radius 3 is 2.30 bits per heavy atom. The van der Waals surface area contributed by atoms with Crippen LogP contribution < -0.4 is 5.19 Å². The largest absolute Gasteiger partial charge is 0.0681 e. The number of benzene rings is 3. The topological polar surface area (TPSA) is 0 Å². The molecule has 0 aliphatic heterocycles. The fraction of sp³-hybridized carbons (Fsp3) is 0.158. The Kier molecular flexibility index (Phi) is 3.98. The average molecular weight is 276 g/mol. The van der Waals surface area contributed by atoms with E-state index in [1.54, 1.807) is 5.19 Å². The molecule has 0 aliphatic rings. The van der Waals surface area contributed by atoms with Gasteiger partial charge in [-0.15, -0.1) is 0 Å². The molecule has 0 spiro atoms. The predicted molar refractivity (Wildman–Crippen MR) is 91.5 cm³/mol. The summed E-state index contributed by atoms with van der Waals surface area (Å²) in [5, 5.41) is 4.36. The first-order chi connectivity index (χ1) is 9.84. The highest BCUT2D eigenvalue weighted by Crippen LogP contribution is 2.20. The normalized spacial score (nSPS) is 12.4. The molecular weight excluding hydrogens is 256 g/mol. The van der Waals surface area contributed by atoms with Crippen molar-refractivity contribution in [1.29, 1.82) is 0 Å². The summed E-state index contributed by atoms with van der Waals surface area (Å²) in [5.74, 6) is 0. The standard InChI is InChI=1S/C19H20Si/c1-20(18-11-3-2-4-12-18)15-14-17-10-7-9-16-8-5-6-13-19(16)17/h2-13,20H,14-15H2,1H3. The summed E-state index contributed by atoms with van der Waals surface area (Å²) in [4.78, 5) is 0. The van der Waals surface area contributed by atoms with Crippen molar-refractivity contribution in [3.63, 3.8) is 0 Å². The second-order valence-electron chi connectivity index (χ2n) is 5.49. The van der Waals surface area contributed by atoms with E-state index in [4.69, 9.17) is 0 Å². The first-order valence-corrected chi connectivity index (χ1v) is 9.91. The molecule has 0 aliphatic carbocycles. The first kappa shape index (κ1) is 13.1. The van der Waals surface area contributed by atoms with Gasteiger partial charge in [-0.25, -0.2) is 0 Å². The van der Waals surface area contributed by atoms with Crippen LogP contribution in [0.2, 0.25) is 12.6 Å². The van der Waals surface area contributed by atoms with Crippen LogP contribution in [-0.2, 0) is 6.42 Å². The molecule has 0 saturated heterocycles. The summed E-state index contributed by atoms with van der Waals surface area (Å²) >= 11 is 0. The van der Waals surface area contributed by atoms with E-state index >= 15 is 0 Å². The Balaban J connectivity index is 1.77. The smallest absolute Gasteiger partial charge is 0.0680 e. The zero-order valence-corrected chi connectivity index (χ0v) is 13.1. The summed E-state index contributed by atoms with van der Waals surface area (Å²) in [7, 11) is -0.811. The quantitative estimate of drug-likeness (QED) is 0.628. The van der Waals surface area contributed by atoms with E-state index in [0.29, 0.717) is 0 Å². The summed E-state index contributed by atoms with van der Waals surface area (Å²) < 4.78 is 0. The number of hydrogen-bond acceptors (Lipinski definition) is 0. The lowest BCUT2D eigenvalue weighted by atomic mass is 10.0. The van der Waals surface area contributed by atoms with Crippen molar-refractivity contribution in [2.75, 3.05) is 0 Å². The van der Waals surface area contributed by atoms with Crippen LogP contribution in [0.5, 0.6) is 0 Å². The third kappa shape index (κ3) is 2.83. The Morgan fingerprint density at radius 2 is 1.45 bits per heavy atom. The van der Waals surface area contributed by atoms with Gasteiger partial charge in [-0.1, -0.05) is 90.6 Å². The molecule has 0 N–H and O–H groups in total. The maximum Gasteiger partial charge on any atom is 0.0681 e. The van der Waals surface area contributed by atoms with Crippen LogP contribution in [0, 0.1) is 0 Å². The third-order valence-electron chi connectivity index (χ3n) is 4.10. The minimum absolute atomic E-state index is 0.811. The number of fused-ring (bicyclic) bond motifs is 1. The molecule has 100 valence electrons. The zero-order valence-electron chi connectivity index (χ0n) is 11.9. The Morgan fingerprint density at radius 1 is 0.750 bits per heavy atom. The fourth-order valence-corrected chi connectivity index (χ4v) is 4.79. The molecule has 0 aromatic heterocycles. The van der Waals surface area contributed by atoms with Crippen LogP contribution in [0.15, 0.2) is 72.8 Å². The van der Waals surface area contributed by atoms with Crippen molar-refractivity contribution in [1.82, 2.24) is 0 Å². The minimum Gasteiger partial charge on any atom is -0.0680 e. The van der Waals surface area contributed by atoms with Gasteiger partial charge in [0.05, 0.1) is 8.80 Å². The lowest BCUT2D eigenvalue weighted by molar-refractivity contribution is 1.13. The van der Waals surface area contributed by atoms with Crippen molar-refractivity contribution in [2.24, 2.45) is 0 Å². The second-order valence-corrected chi connectivity index (χ2v) is 8.53. The van der Waals surface area contributed by atoms with Crippen LogP contribution in [0.4, 0.5) is 0 Å². The van der Waals surface area contributed by atoms with E-state index in [1.165, 1.54) is 28.8 Å². The molecule has 0 nitrogen and oxygen atoms in total. The maximum absolute atomic E-state index is 2.46. The van der Waals surface area contributed by atoms with Gasteiger partial charge in [0.15, 0.2) is 0 Å². The van der Waals surface area contributed by atoms with Gasteiger partial charge in [0.2, 0.25) is 0 Å². The van der Waals surface area contributed by atoms with E-state index in [0.717, 1.165) is 0 Å². The molecule has 1 heteroatoms. The van der Waals surface area contributed by atoms with E-state index in [1.807, 2.05) is 0 Å². The molecule has 0 fully saturated rings. The van der Waals surface area contributed by atoms with Gasteiger partial charge >= 0.3 is 0 Å². The van der Waals surface area contributed by atoms with Gasteiger partial charge < -0.3 is 0 Å². The van der Waals surface area contributed by atoms with Gasteiger partial charge in [-0.05, 0) is 22.8 Å². The summed E-state index contributed by atoms with van der Waals surface area (Å²) in [6, 6.07) is 27.7. The monoisotopic (exact) mass is 276 g/mol. The van der Waals surface area contributed by atoms with Gasteiger partial charge in [-0.2, -0.15) is 0 Å². The van der Waals surface area contributed by atoms with E-state index in [9.17, 15) is 0 Å². The first-order valence-electron chi connectivity index (χ1n) is 7.36. The lowest BCUT2D eigenvalue weighted by Gasteiger charge is -2.11. The summed E-state index contributed by atoms with van der Waals surface area (Å²) in [6.45, 7) is 2.46. The fourth-order valence-electron chi connectivity index (χ4n) is 2.83. The molecule has 1 unspecified atom stereocenters. The van der Waals surface area contributed by atoms with Crippen molar-refractivity contribution in [3.05, 3.63) is 78.4 Å². The molecule has 3 aromatic carbocycles. The molecule has 3 aromatic rings. The highest BCUT2D eigenvalue weighted by Gasteiger charge is 2.08. The van der Waals surface area contributed by atoms with Gasteiger partial charge in [-0.3, -0.25) is 0 Å². The molecule has 0 bridgehead atoms. The summed E-state index contributed by atoms with van der Waals surface area (Å²) in [5.41, 5.74) is 1.50. The van der Waals surface area contributed by atoms with E-state index < -0.39 is 8.80 Å². The molecular formula is C19H20Si. The van der Waals surface area contributed by atoms with Crippen molar-refractivity contribution in [3.8, 4) is 0 Å². The highest BCUT2D eigenvalue weighted by atomic mass is 28.3. The number of rotatable bonds is 4. The highest BCUT2D eigenvalue weighted by molar-refractivity contribution is 6.72. The van der Waals surface area contributed by atoms with E-state index in [2.05, 4.69) is 79.3 Å². The van der Waals surface area contributed by atoms with Gasteiger partial charge in [0.25, 0.3) is 0 Å². The van der Waals surface area contributed by atoms with Crippen molar-refractivity contribution < 1.29 is 0 Å². The molecule has 0 radical (unpaired) electrons. The van der Waals surface area contributed by atoms with Crippen LogP contribution in [-0.4, -0.2) is 8.80 Å². The molecule has 0 amide bonds.